The second kappa shape index (κ2) is 7.11. The highest BCUT2D eigenvalue weighted by Crippen LogP contribution is 2.23. The van der Waals surface area contributed by atoms with Gasteiger partial charge in [-0.05, 0) is 19.1 Å². The lowest BCUT2D eigenvalue weighted by atomic mass is 10.2. The topological polar surface area (TPSA) is 61.8 Å². The number of carbonyl (C=O) groups excluding carboxylic acids is 2. The predicted molar refractivity (Wildman–Crippen MR) is 64.8 cm³/mol. The SMILES string of the molecule is CCOC(=O)C=COc1cc(OC)ccc1C=O. The molecule has 0 bridgehead atoms. The van der Waals surface area contributed by atoms with E-state index in [1.54, 1.807) is 25.1 Å². The van der Waals surface area contributed by atoms with Gasteiger partial charge in [0.25, 0.3) is 0 Å². The molecule has 5 heteroatoms. The van der Waals surface area contributed by atoms with Crippen LogP contribution in [0.5, 0.6) is 11.5 Å². The Kier molecular flexibility index (Phi) is 5.44. The minimum absolute atomic E-state index is 0.294. The van der Waals surface area contributed by atoms with Crippen molar-refractivity contribution in [1.29, 1.82) is 0 Å². The molecule has 0 amide bonds. The summed E-state index contributed by atoms with van der Waals surface area (Å²) in [5, 5.41) is 0. The average molecular weight is 250 g/mol. The van der Waals surface area contributed by atoms with E-state index in [0.29, 0.717) is 30.0 Å². The zero-order chi connectivity index (χ0) is 13.4. The molecule has 96 valence electrons. The average Bonchev–Trinajstić information content (AvgIpc) is 2.39. The standard InChI is InChI=1S/C13H14O5/c1-3-17-13(15)6-7-18-12-8-11(16-2)5-4-10(12)9-14/h4-9H,3H2,1-2H3. The van der Waals surface area contributed by atoms with Gasteiger partial charge in [-0.2, -0.15) is 0 Å². The second-order valence-electron chi connectivity index (χ2n) is 3.19. The third kappa shape index (κ3) is 3.93. The molecule has 0 unspecified atom stereocenters. The molecule has 0 aliphatic rings. The van der Waals surface area contributed by atoms with Crippen LogP contribution in [0.3, 0.4) is 0 Å². The first-order valence-electron chi connectivity index (χ1n) is 5.34. The molecule has 1 rings (SSSR count). The number of esters is 1. The Hall–Kier alpha value is -2.30. The highest BCUT2D eigenvalue weighted by Gasteiger charge is 2.04. The number of methoxy groups -OCH3 is 1. The van der Waals surface area contributed by atoms with Crippen LogP contribution < -0.4 is 9.47 Å². The van der Waals surface area contributed by atoms with Gasteiger partial charge in [-0.25, -0.2) is 4.79 Å². The Morgan fingerprint density at radius 3 is 2.78 bits per heavy atom. The minimum Gasteiger partial charge on any atom is -0.497 e. The van der Waals surface area contributed by atoms with Crippen LogP contribution in [0.4, 0.5) is 0 Å². The van der Waals surface area contributed by atoms with Crippen molar-refractivity contribution in [2.45, 2.75) is 6.92 Å². The fraction of sp³-hybridized carbons (Fsp3) is 0.231. The Balaban J connectivity index is 2.76. The molecule has 5 nitrogen and oxygen atoms in total. The highest BCUT2D eigenvalue weighted by molar-refractivity contribution is 5.82. The monoisotopic (exact) mass is 250 g/mol. The van der Waals surface area contributed by atoms with E-state index in [0.717, 1.165) is 6.08 Å². The molecule has 0 radical (unpaired) electrons. The van der Waals surface area contributed by atoms with Crippen molar-refractivity contribution in [3.05, 3.63) is 36.1 Å². The van der Waals surface area contributed by atoms with Crippen LogP contribution >= 0.6 is 0 Å². The molecule has 0 heterocycles. The van der Waals surface area contributed by atoms with Crippen LogP contribution in [0, 0.1) is 0 Å². The number of benzene rings is 1. The molecule has 0 saturated heterocycles. The lowest BCUT2D eigenvalue weighted by Gasteiger charge is -2.06. The van der Waals surface area contributed by atoms with Gasteiger partial charge in [-0.15, -0.1) is 0 Å². The van der Waals surface area contributed by atoms with Gasteiger partial charge in [0.1, 0.15) is 11.5 Å². The van der Waals surface area contributed by atoms with Crippen molar-refractivity contribution in [3.8, 4) is 11.5 Å². The number of ether oxygens (including phenoxy) is 3. The maximum absolute atomic E-state index is 11.0. The van der Waals surface area contributed by atoms with E-state index in [9.17, 15) is 9.59 Å². The summed E-state index contributed by atoms with van der Waals surface area (Å²) in [7, 11) is 1.51. The van der Waals surface area contributed by atoms with Crippen molar-refractivity contribution < 1.29 is 23.8 Å². The van der Waals surface area contributed by atoms with Gasteiger partial charge in [0.2, 0.25) is 0 Å². The molecular weight excluding hydrogens is 236 g/mol. The number of carbonyl (C=O) groups is 2. The number of aldehydes is 1. The molecule has 1 aromatic rings. The molecule has 0 saturated carbocycles. The van der Waals surface area contributed by atoms with Crippen molar-refractivity contribution in [1.82, 2.24) is 0 Å². The Bertz CT molecular complexity index is 451. The molecule has 0 N–H and O–H groups in total. The lowest BCUT2D eigenvalue weighted by molar-refractivity contribution is -0.137. The molecule has 18 heavy (non-hydrogen) atoms. The summed E-state index contributed by atoms with van der Waals surface area (Å²) in [5.41, 5.74) is 0.365. The number of hydrogen-bond acceptors (Lipinski definition) is 5. The maximum Gasteiger partial charge on any atom is 0.333 e. The first-order valence-corrected chi connectivity index (χ1v) is 5.34. The predicted octanol–water partition coefficient (Wildman–Crippen LogP) is 1.96. The summed E-state index contributed by atoms with van der Waals surface area (Å²) in [6.45, 7) is 2.00. The van der Waals surface area contributed by atoms with E-state index in [1.165, 1.54) is 13.4 Å². The van der Waals surface area contributed by atoms with Crippen LogP contribution in [-0.4, -0.2) is 26.0 Å². The van der Waals surface area contributed by atoms with E-state index in [4.69, 9.17) is 9.47 Å². The van der Waals surface area contributed by atoms with Crippen LogP contribution in [0.2, 0.25) is 0 Å². The largest absolute Gasteiger partial charge is 0.497 e. The van der Waals surface area contributed by atoms with Crippen LogP contribution in [0.15, 0.2) is 30.5 Å². The van der Waals surface area contributed by atoms with Crippen LogP contribution in [0.25, 0.3) is 0 Å². The summed E-state index contributed by atoms with van der Waals surface area (Å²) in [4.78, 5) is 21.8. The first-order chi connectivity index (χ1) is 8.71. The molecule has 0 aliphatic carbocycles. The summed E-state index contributed by atoms with van der Waals surface area (Å²) >= 11 is 0. The van der Waals surface area contributed by atoms with Gasteiger partial charge >= 0.3 is 5.97 Å². The third-order valence-electron chi connectivity index (χ3n) is 2.03. The number of hydrogen-bond donors (Lipinski definition) is 0. The normalized spacial score (nSPS) is 10.1. The van der Waals surface area contributed by atoms with Crippen molar-refractivity contribution in [2.75, 3.05) is 13.7 Å². The van der Waals surface area contributed by atoms with Crippen LogP contribution in [-0.2, 0) is 9.53 Å². The first kappa shape index (κ1) is 13.8. The molecule has 0 spiro atoms. The summed E-state index contributed by atoms with van der Waals surface area (Å²) < 4.78 is 14.9. The quantitative estimate of drug-likeness (QED) is 0.334. The number of rotatable bonds is 6. The zero-order valence-electron chi connectivity index (χ0n) is 10.2. The zero-order valence-corrected chi connectivity index (χ0v) is 10.2. The summed E-state index contributed by atoms with van der Waals surface area (Å²) in [6, 6.07) is 4.77. The smallest absolute Gasteiger partial charge is 0.333 e. The molecule has 0 atom stereocenters. The van der Waals surface area contributed by atoms with Gasteiger partial charge in [-0.3, -0.25) is 4.79 Å². The van der Waals surface area contributed by atoms with Crippen molar-refractivity contribution >= 4 is 12.3 Å². The Morgan fingerprint density at radius 1 is 1.39 bits per heavy atom. The second-order valence-corrected chi connectivity index (χ2v) is 3.19. The van der Waals surface area contributed by atoms with E-state index in [2.05, 4.69) is 4.74 Å². The maximum atomic E-state index is 11.0. The van der Waals surface area contributed by atoms with Gasteiger partial charge in [0.05, 0.1) is 31.6 Å². The molecule has 0 aromatic heterocycles. The van der Waals surface area contributed by atoms with Crippen molar-refractivity contribution in [2.24, 2.45) is 0 Å². The van der Waals surface area contributed by atoms with Gasteiger partial charge in [0, 0.05) is 6.07 Å². The van der Waals surface area contributed by atoms with E-state index in [1.807, 2.05) is 0 Å². The Labute approximate surface area is 105 Å². The minimum atomic E-state index is -0.506. The van der Waals surface area contributed by atoms with Gasteiger partial charge in [0.15, 0.2) is 6.29 Å². The van der Waals surface area contributed by atoms with Gasteiger partial charge < -0.3 is 14.2 Å². The lowest BCUT2D eigenvalue weighted by Crippen LogP contribution is -2.00. The molecular formula is C13H14O5. The summed E-state index contributed by atoms with van der Waals surface area (Å²) in [5.74, 6) is 0.359. The van der Waals surface area contributed by atoms with Crippen LogP contribution in [0.1, 0.15) is 17.3 Å². The molecule has 1 aromatic carbocycles. The Morgan fingerprint density at radius 2 is 2.17 bits per heavy atom. The van der Waals surface area contributed by atoms with E-state index in [-0.39, 0.29) is 0 Å². The fourth-order valence-electron chi connectivity index (χ4n) is 1.19. The van der Waals surface area contributed by atoms with E-state index >= 15 is 0 Å². The van der Waals surface area contributed by atoms with E-state index < -0.39 is 5.97 Å². The fourth-order valence-corrected chi connectivity index (χ4v) is 1.19. The third-order valence-corrected chi connectivity index (χ3v) is 2.03. The highest BCUT2D eigenvalue weighted by atomic mass is 16.5. The summed E-state index contributed by atoms with van der Waals surface area (Å²) in [6.07, 6.45) is 2.96. The molecule has 0 aliphatic heterocycles. The van der Waals surface area contributed by atoms with Gasteiger partial charge in [-0.1, -0.05) is 0 Å². The van der Waals surface area contributed by atoms with Crippen molar-refractivity contribution in [3.63, 3.8) is 0 Å². The molecule has 0 fully saturated rings.